The van der Waals surface area contributed by atoms with E-state index < -0.39 is 10.0 Å². The number of hydrogen-bond acceptors (Lipinski definition) is 7. The van der Waals surface area contributed by atoms with Crippen molar-refractivity contribution in [1.29, 1.82) is 0 Å². The van der Waals surface area contributed by atoms with E-state index in [1.54, 1.807) is 18.2 Å². The summed E-state index contributed by atoms with van der Waals surface area (Å²) in [5, 5.41) is 3.21. The molecule has 2 aromatic rings. The Morgan fingerprint density at radius 1 is 0.909 bits per heavy atom. The third-order valence-corrected chi connectivity index (χ3v) is 7.74. The lowest BCUT2D eigenvalue weighted by molar-refractivity contribution is -0.120. The van der Waals surface area contributed by atoms with Crippen molar-refractivity contribution in [3.05, 3.63) is 35.4 Å². The van der Waals surface area contributed by atoms with Gasteiger partial charge in [0.2, 0.25) is 15.9 Å². The van der Waals surface area contributed by atoms with Gasteiger partial charge in [-0.15, -0.1) is 0 Å². The molecule has 180 valence electrons. The molecule has 1 amide bonds. The smallest absolute Gasteiger partial charge is 0.243 e. The summed E-state index contributed by atoms with van der Waals surface area (Å²) in [5.41, 5.74) is 0.434. The highest BCUT2D eigenvalue weighted by atomic mass is 35.5. The number of rotatable bonds is 8. The molecule has 0 bridgehead atoms. The average Bonchev–Trinajstić information content (AvgIpc) is 2.84. The van der Waals surface area contributed by atoms with Gasteiger partial charge in [-0.2, -0.15) is 4.31 Å². The molecule has 0 spiro atoms. The van der Waals surface area contributed by atoms with Gasteiger partial charge in [0, 0.05) is 37.2 Å². The van der Waals surface area contributed by atoms with E-state index in [1.807, 2.05) is 0 Å². The first-order valence-electron chi connectivity index (χ1n) is 10.2. The molecule has 1 heterocycles. The maximum Gasteiger partial charge on any atom is 0.243 e. The Labute approximate surface area is 198 Å². The van der Waals surface area contributed by atoms with Crippen LogP contribution in [0, 0.1) is 5.92 Å². The van der Waals surface area contributed by atoms with Gasteiger partial charge >= 0.3 is 0 Å². The van der Waals surface area contributed by atoms with E-state index in [-0.39, 0.29) is 29.8 Å². The summed E-state index contributed by atoms with van der Waals surface area (Å²) < 4.78 is 48.5. The fraction of sp³-hybridized carbons (Fsp3) is 0.409. The molecule has 0 saturated carbocycles. The normalized spacial score (nSPS) is 15.1. The molecule has 1 fully saturated rings. The van der Waals surface area contributed by atoms with Gasteiger partial charge in [0.1, 0.15) is 11.5 Å². The van der Waals surface area contributed by atoms with E-state index in [2.05, 4.69) is 5.32 Å². The average molecular weight is 499 g/mol. The van der Waals surface area contributed by atoms with Crippen LogP contribution in [0.25, 0.3) is 0 Å². The zero-order valence-electron chi connectivity index (χ0n) is 18.9. The Hall–Kier alpha value is -2.69. The van der Waals surface area contributed by atoms with Crippen LogP contribution in [0.4, 0.5) is 5.69 Å². The van der Waals surface area contributed by atoms with Crippen LogP contribution in [-0.4, -0.2) is 60.2 Å². The van der Waals surface area contributed by atoms with E-state index in [9.17, 15) is 13.2 Å². The maximum absolute atomic E-state index is 13.1. The summed E-state index contributed by atoms with van der Waals surface area (Å²) in [4.78, 5) is 13.0. The lowest BCUT2D eigenvalue weighted by atomic mass is 9.97. The SMILES string of the molecule is COc1cc(NC(=O)C2CCN(S(=O)(=O)c3ccc(OC)c(OC)c3)CC2)c(OC)cc1Cl. The molecule has 0 unspecified atom stereocenters. The van der Waals surface area contributed by atoms with E-state index in [1.165, 1.54) is 44.9 Å². The predicted molar refractivity (Wildman–Crippen MR) is 124 cm³/mol. The number of carbonyl (C=O) groups excluding carboxylic acids is 1. The number of hydrogen-bond donors (Lipinski definition) is 1. The summed E-state index contributed by atoms with van der Waals surface area (Å²) in [7, 11) is 2.15. The Morgan fingerprint density at radius 2 is 1.52 bits per heavy atom. The fourth-order valence-corrected chi connectivity index (χ4v) is 5.39. The van der Waals surface area contributed by atoms with Gasteiger partial charge in [-0.1, -0.05) is 11.6 Å². The van der Waals surface area contributed by atoms with Gasteiger partial charge in [0.25, 0.3) is 0 Å². The summed E-state index contributed by atoms with van der Waals surface area (Å²) in [6.45, 7) is 0.436. The van der Waals surface area contributed by atoms with E-state index in [0.717, 1.165) is 0 Å². The molecule has 33 heavy (non-hydrogen) atoms. The second-order valence-electron chi connectivity index (χ2n) is 7.37. The number of benzene rings is 2. The summed E-state index contributed by atoms with van der Waals surface area (Å²) in [6.07, 6.45) is 0.761. The number of ether oxygens (including phenoxy) is 4. The number of sulfonamides is 1. The molecule has 1 aliphatic rings. The highest BCUT2D eigenvalue weighted by molar-refractivity contribution is 7.89. The number of anilines is 1. The van der Waals surface area contributed by atoms with Crippen LogP contribution >= 0.6 is 11.6 Å². The van der Waals surface area contributed by atoms with Crippen molar-refractivity contribution in [3.8, 4) is 23.0 Å². The number of amides is 1. The second kappa shape index (κ2) is 10.5. The Bertz CT molecular complexity index is 1120. The first-order valence-corrected chi connectivity index (χ1v) is 12.0. The zero-order valence-corrected chi connectivity index (χ0v) is 20.5. The minimum Gasteiger partial charge on any atom is -0.495 e. The third kappa shape index (κ3) is 5.29. The fourth-order valence-electron chi connectivity index (χ4n) is 3.68. The van der Waals surface area contributed by atoms with Gasteiger partial charge in [-0.05, 0) is 25.0 Å². The molecule has 1 N–H and O–H groups in total. The van der Waals surface area contributed by atoms with Crippen molar-refractivity contribution >= 4 is 33.2 Å². The monoisotopic (exact) mass is 498 g/mol. The van der Waals surface area contributed by atoms with Crippen LogP contribution in [-0.2, 0) is 14.8 Å². The van der Waals surface area contributed by atoms with Crippen LogP contribution < -0.4 is 24.3 Å². The molecule has 9 nitrogen and oxygen atoms in total. The number of methoxy groups -OCH3 is 4. The van der Waals surface area contributed by atoms with Gasteiger partial charge in [-0.25, -0.2) is 8.42 Å². The molecular formula is C22H27ClN2O7S. The highest BCUT2D eigenvalue weighted by Crippen LogP contribution is 2.37. The van der Waals surface area contributed by atoms with Crippen molar-refractivity contribution in [2.75, 3.05) is 46.8 Å². The van der Waals surface area contributed by atoms with Crippen molar-refractivity contribution in [2.24, 2.45) is 5.92 Å². The van der Waals surface area contributed by atoms with Crippen LogP contribution in [0.2, 0.25) is 5.02 Å². The Kier molecular flexibility index (Phi) is 7.93. The minimum atomic E-state index is -3.74. The molecule has 1 saturated heterocycles. The van der Waals surface area contributed by atoms with Crippen LogP contribution in [0.15, 0.2) is 35.2 Å². The first kappa shape index (κ1) is 24.9. The summed E-state index contributed by atoms with van der Waals surface area (Å²) in [5.74, 6) is 1.02. The number of nitrogens with zero attached hydrogens (tertiary/aromatic N) is 1. The van der Waals surface area contributed by atoms with Gasteiger partial charge in [-0.3, -0.25) is 4.79 Å². The summed E-state index contributed by atoms with van der Waals surface area (Å²) >= 11 is 6.12. The Morgan fingerprint density at radius 3 is 2.09 bits per heavy atom. The van der Waals surface area contributed by atoms with E-state index >= 15 is 0 Å². The van der Waals surface area contributed by atoms with Crippen molar-refractivity contribution in [3.63, 3.8) is 0 Å². The molecule has 0 radical (unpaired) electrons. The Balaban J connectivity index is 1.69. The molecule has 0 aliphatic carbocycles. The van der Waals surface area contributed by atoms with Crippen LogP contribution in [0.5, 0.6) is 23.0 Å². The second-order valence-corrected chi connectivity index (χ2v) is 9.72. The van der Waals surface area contributed by atoms with E-state index in [0.29, 0.717) is 46.5 Å². The number of piperidine rings is 1. The van der Waals surface area contributed by atoms with Gasteiger partial charge in [0.05, 0.1) is 44.0 Å². The number of nitrogens with one attached hydrogen (secondary N) is 1. The quantitative estimate of drug-likeness (QED) is 0.594. The van der Waals surface area contributed by atoms with Crippen molar-refractivity contribution < 1.29 is 32.2 Å². The molecular weight excluding hydrogens is 472 g/mol. The summed E-state index contributed by atoms with van der Waals surface area (Å²) in [6, 6.07) is 7.63. The van der Waals surface area contributed by atoms with Gasteiger partial charge in [0.15, 0.2) is 11.5 Å². The van der Waals surface area contributed by atoms with Crippen molar-refractivity contribution in [1.82, 2.24) is 4.31 Å². The van der Waals surface area contributed by atoms with Crippen LogP contribution in [0.3, 0.4) is 0 Å². The highest BCUT2D eigenvalue weighted by Gasteiger charge is 2.33. The van der Waals surface area contributed by atoms with E-state index in [4.69, 9.17) is 30.5 Å². The van der Waals surface area contributed by atoms with Gasteiger partial charge < -0.3 is 24.3 Å². The molecule has 11 heteroatoms. The first-order chi connectivity index (χ1) is 15.7. The molecule has 3 rings (SSSR count). The topological polar surface area (TPSA) is 103 Å². The third-order valence-electron chi connectivity index (χ3n) is 5.55. The zero-order chi connectivity index (χ0) is 24.2. The predicted octanol–water partition coefficient (Wildman–Crippen LogP) is 3.41. The lowest BCUT2D eigenvalue weighted by Crippen LogP contribution is -2.41. The largest absolute Gasteiger partial charge is 0.495 e. The molecule has 0 atom stereocenters. The molecule has 1 aliphatic heterocycles. The number of carbonyl (C=O) groups is 1. The molecule has 0 aromatic heterocycles. The number of halogens is 1. The molecule has 2 aromatic carbocycles. The lowest BCUT2D eigenvalue weighted by Gasteiger charge is -2.30. The maximum atomic E-state index is 13.1. The minimum absolute atomic E-state index is 0.112. The standard InChI is InChI=1S/C22H27ClN2O7S/c1-29-18-6-5-15(11-21(18)32-4)33(27,28)25-9-7-14(8-10-25)22(26)24-17-13-19(30-2)16(23)12-20(17)31-3/h5-6,11-14H,7-10H2,1-4H3,(H,24,26). The van der Waals surface area contributed by atoms with Crippen molar-refractivity contribution in [2.45, 2.75) is 17.7 Å². The van der Waals surface area contributed by atoms with Crippen LogP contribution in [0.1, 0.15) is 12.8 Å².